The summed E-state index contributed by atoms with van der Waals surface area (Å²) in [6.45, 7) is 4.46. The Kier molecular flexibility index (Phi) is 4.26. The first-order chi connectivity index (χ1) is 5.36. The molecule has 1 aliphatic heterocycles. The maximum absolute atomic E-state index is 3.31. The van der Waals surface area contributed by atoms with Gasteiger partial charge in [-0.2, -0.15) is 0 Å². The van der Waals surface area contributed by atoms with Crippen molar-refractivity contribution >= 4 is 11.8 Å². The van der Waals surface area contributed by atoms with Crippen molar-refractivity contribution < 1.29 is 0 Å². The highest BCUT2D eigenvalue weighted by Crippen LogP contribution is 2.25. The van der Waals surface area contributed by atoms with Crippen LogP contribution in [-0.4, -0.2) is 10.7 Å². The summed E-state index contributed by atoms with van der Waals surface area (Å²) in [7, 11) is 0. The van der Waals surface area contributed by atoms with Crippen LogP contribution in [0.4, 0.5) is 0 Å². The van der Waals surface area contributed by atoms with Crippen molar-refractivity contribution in [3.63, 3.8) is 0 Å². The summed E-state index contributed by atoms with van der Waals surface area (Å²) >= 11 is 2.04. The van der Waals surface area contributed by atoms with Gasteiger partial charge in [0, 0.05) is 0 Å². The fourth-order valence-corrected chi connectivity index (χ4v) is 2.67. The molecule has 1 saturated heterocycles. The number of hydrogen-bond acceptors (Lipinski definition) is 3. The van der Waals surface area contributed by atoms with Crippen molar-refractivity contribution in [3.8, 4) is 0 Å². The molecule has 0 saturated carbocycles. The predicted molar refractivity (Wildman–Crippen MR) is 51.3 cm³/mol. The molecule has 11 heavy (non-hydrogen) atoms. The third-order valence-corrected chi connectivity index (χ3v) is 3.20. The van der Waals surface area contributed by atoms with Crippen LogP contribution >= 0.6 is 11.8 Å². The molecule has 0 spiro atoms. The zero-order valence-corrected chi connectivity index (χ0v) is 8.21. The lowest BCUT2D eigenvalue weighted by atomic mass is 10.3. The maximum atomic E-state index is 3.31. The second-order valence-corrected chi connectivity index (χ2v) is 4.39. The lowest BCUT2D eigenvalue weighted by Gasteiger charge is -2.05. The zero-order valence-electron chi connectivity index (χ0n) is 7.39. The van der Waals surface area contributed by atoms with Gasteiger partial charge in [-0.25, -0.2) is 10.9 Å². The van der Waals surface area contributed by atoms with Crippen molar-refractivity contribution in [2.45, 2.75) is 50.3 Å². The Labute approximate surface area is 73.5 Å². The summed E-state index contributed by atoms with van der Waals surface area (Å²) in [5.74, 6) is 0. The third kappa shape index (κ3) is 3.01. The van der Waals surface area contributed by atoms with Crippen molar-refractivity contribution in [3.05, 3.63) is 0 Å². The molecular weight excluding hydrogens is 156 g/mol. The van der Waals surface area contributed by atoms with E-state index in [4.69, 9.17) is 0 Å². The molecule has 1 rings (SSSR count). The highest BCUT2D eigenvalue weighted by molar-refractivity contribution is 8.00. The van der Waals surface area contributed by atoms with Gasteiger partial charge in [-0.05, 0) is 12.8 Å². The molecule has 3 heteroatoms. The van der Waals surface area contributed by atoms with Gasteiger partial charge in [0.05, 0.1) is 10.7 Å². The van der Waals surface area contributed by atoms with Crippen LogP contribution in [-0.2, 0) is 0 Å². The van der Waals surface area contributed by atoms with Crippen molar-refractivity contribution in [2.24, 2.45) is 0 Å². The van der Waals surface area contributed by atoms with Crippen LogP contribution in [0.2, 0.25) is 0 Å². The second-order valence-electron chi connectivity index (χ2n) is 2.98. The summed E-state index contributed by atoms with van der Waals surface area (Å²) in [6.07, 6.45) is 5.09. The van der Waals surface area contributed by atoms with Gasteiger partial charge in [0.2, 0.25) is 0 Å². The summed E-state index contributed by atoms with van der Waals surface area (Å²) in [4.78, 5) is 0. The molecule has 0 aromatic rings. The van der Waals surface area contributed by atoms with Crippen molar-refractivity contribution in [1.29, 1.82) is 0 Å². The van der Waals surface area contributed by atoms with E-state index in [2.05, 4.69) is 24.7 Å². The first-order valence-corrected chi connectivity index (χ1v) is 5.47. The molecule has 1 fully saturated rings. The van der Waals surface area contributed by atoms with Gasteiger partial charge in [0.25, 0.3) is 0 Å². The van der Waals surface area contributed by atoms with E-state index in [9.17, 15) is 0 Å². The quantitative estimate of drug-likeness (QED) is 0.682. The minimum atomic E-state index is 0.650. The fraction of sp³-hybridized carbons (Fsp3) is 1.00. The lowest BCUT2D eigenvalue weighted by Crippen LogP contribution is -2.33. The van der Waals surface area contributed by atoms with Gasteiger partial charge >= 0.3 is 0 Å². The van der Waals surface area contributed by atoms with Crippen LogP contribution in [0.1, 0.15) is 39.5 Å². The van der Waals surface area contributed by atoms with Gasteiger partial charge in [-0.15, -0.1) is 11.8 Å². The van der Waals surface area contributed by atoms with E-state index in [1.54, 1.807) is 0 Å². The molecule has 0 aromatic heterocycles. The highest BCUT2D eigenvalue weighted by atomic mass is 32.2. The van der Waals surface area contributed by atoms with E-state index >= 15 is 0 Å². The summed E-state index contributed by atoms with van der Waals surface area (Å²) < 4.78 is 0. The number of nitrogens with one attached hydrogen (secondary N) is 2. The van der Waals surface area contributed by atoms with Crippen LogP contribution in [0.15, 0.2) is 0 Å². The van der Waals surface area contributed by atoms with E-state index in [-0.39, 0.29) is 0 Å². The average Bonchev–Trinajstić information content (AvgIpc) is 2.38. The molecule has 0 aromatic carbocycles. The van der Waals surface area contributed by atoms with Gasteiger partial charge in [-0.1, -0.05) is 26.7 Å². The summed E-state index contributed by atoms with van der Waals surface area (Å²) in [5, 5.41) is 1.30. The van der Waals surface area contributed by atoms with E-state index in [1.165, 1.54) is 25.7 Å². The minimum Gasteiger partial charge on any atom is -0.244 e. The molecule has 1 aliphatic rings. The molecule has 1 heterocycles. The molecule has 0 aliphatic carbocycles. The van der Waals surface area contributed by atoms with E-state index in [0.29, 0.717) is 10.7 Å². The topological polar surface area (TPSA) is 24.1 Å². The Bertz CT molecular complexity index is 96.3. The van der Waals surface area contributed by atoms with Gasteiger partial charge in [0.15, 0.2) is 0 Å². The molecule has 66 valence electrons. The van der Waals surface area contributed by atoms with Crippen LogP contribution < -0.4 is 10.9 Å². The first-order valence-electron chi connectivity index (χ1n) is 4.53. The van der Waals surface area contributed by atoms with Gasteiger partial charge < -0.3 is 0 Å². The van der Waals surface area contributed by atoms with Crippen LogP contribution in [0, 0.1) is 0 Å². The molecule has 0 radical (unpaired) electrons. The predicted octanol–water partition coefficient (Wildman–Crippen LogP) is 2.08. The van der Waals surface area contributed by atoms with E-state index in [1.807, 2.05) is 11.8 Å². The largest absolute Gasteiger partial charge is 0.244 e. The maximum Gasteiger partial charge on any atom is 0.0682 e. The monoisotopic (exact) mass is 174 g/mol. The normalized spacial score (nSPS) is 31.1. The van der Waals surface area contributed by atoms with Crippen molar-refractivity contribution in [1.82, 2.24) is 10.9 Å². The first kappa shape index (κ1) is 9.36. The third-order valence-electron chi connectivity index (χ3n) is 1.84. The molecule has 2 N–H and O–H groups in total. The number of thioether (sulfide) groups is 1. The van der Waals surface area contributed by atoms with Crippen molar-refractivity contribution in [2.75, 3.05) is 0 Å². The summed E-state index contributed by atoms with van der Waals surface area (Å²) in [5.41, 5.74) is 6.61. The molecule has 2 nitrogen and oxygen atoms in total. The number of rotatable bonds is 4. The molecule has 2 atom stereocenters. The molecule has 2 unspecified atom stereocenters. The molecule has 0 amide bonds. The Morgan fingerprint density at radius 1 is 1.00 bits per heavy atom. The molecular formula is C8H18N2S. The SMILES string of the molecule is CCCC1NNC(CCC)S1. The van der Waals surface area contributed by atoms with E-state index in [0.717, 1.165) is 0 Å². The summed E-state index contributed by atoms with van der Waals surface area (Å²) in [6, 6.07) is 0. The second kappa shape index (κ2) is 5.01. The van der Waals surface area contributed by atoms with Crippen LogP contribution in [0.25, 0.3) is 0 Å². The number of hydrazine groups is 1. The Balaban J connectivity index is 2.12. The van der Waals surface area contributed by atoms with Crippen LogP contribution in [0.5, 0.6) is 0 Å². The van der Waals surface area contributed by atoms with Gasteiger partial charge in [0.1, 0.15) is 0 Å². The highest BCUT2D eigenvalue weighted by Gasteiger charge is 2.21. The lowest BCUT2D eigenvalue weighted by molar-refractivity contribution is 0.500. The zero-order chi connectivity index (χ0) is 8.10. The Morgan fingerprint density at radius 2 is 1.45 bits per heavy atom. The molecule has 0 bridgehead atoms. The van der Waals surface area contributed by atoms with Gasteiger partial charge in [-0.3, -0.25) is 0 Å². The average molecular weight is 174 g/mol. The standard InChI is InChI=1S/C8H18N2S/c1-3-5-7-9-10-8(11-7)6-4-2/h7-10H,3-6H2,1-2H3. The Morgan fingerprint density at radius 3 is 1.82 bits per heavy atom. The van der Waals surface area contributed by atoms with Crippen LogP contribution in [0.3, 0.4) is 0 Å². The van der Waals surface area contributed by atoms with E-state index < -0.39 is 0 Å². The Hall–Kier alpha value is 0.270. The fourth-order valence-electron chi connectivity index (χ4n) is 1.26. The minimum absolute atomic E-state index is 0.650. The number of hydrogen-bond donors (Lipinski definition) is 2. The smallest absolute Gasteiger partial charge is 0.0682 e.